The Morgan fingerprint density at radius 2 is 2.07 bits per heavy atom. The molecule has 0 fully saturated rings. The van der Waals surface area contributed by atoms with E-state index in [0.29, 0.717) is 17.0 Å². The van der Waals surface area contributed by atoms with Crippen molar-refractivity contribution >= 4 is 44.7 Å². The van der Waals surface area contributed by atoms with Crippen LogP contribution in [0.25, 0.3) is 10.2 Å². The number of carbonyl (C=O) groups excluding carboxylic acids is 1. The fraction of sp³-hybridized carbons (Fsp3) is 0.263. The van der Waals surface area contributed by atoms with Crippen molar-refractivity contribution in [3.8, 4) is 11.5 Å². The molecule has 146 valence electrons. The maximum atomic E-state index is 12.8. The average Bonchev–Trinajstić information content (AvgIpc) is 3.03. The molecular weight excluding hydrogens is 402 g/mol. The number of halogens is 1. The molecule has 2 aromatic heterocycles. The van der Waals surface area contributed by atoms with Crippen molar-refractivity contribution in [2.24, 2.45) is 0 Å². The summed E-state index contributed by atoms with van der Waals surface area (Å²) in [6.45, 7) is 2.33. The minimum Gasteiger partial charge on any atom is -0.503 e. The van der Waals surface area contributed by atoms with Gasteiger partial charge in [0, 0.05) is 18.2 Å². The molecule has 9 heteroatoms. The summed E-state index contributed by atoms with van der Waals surface area (Å²) >= 11 is 7.46. The molecule has 0 bridgehead atoms. The Kier molecular flexibility index (Phi) is 4.78. The molecule has 1 amide bonds. The third kappa shape index (κ3) is 3.03. The number of nitrogens with zero attached hydrogens (tertiary/aromatic N) is 1. The van der Waals surface area contributed by atoms with E-state index in [-0.39, 0.29) is 22.4 Å². The zero-order valence-electron chi connectivity index (χ0n) is 15.4. The van der Waals surface area contributed by atoms with Crippen LogP contribution in [0.2, 0.25) is 5.02 Å². The van der Waals surface area contributed by atoms with Crippen LogP contribution in [0.3, 0.4) is 0 Å². The van der Waals surface area contributed by atoms with Crippen molar-refractivity contribution in [2.45, 2.75) is 19.7 Å². The smallest absolute Gasteiger partial charge is 0.265 e. The molecular formula is C19H18ClN3O4S. The Morgan fingerprint density at radius 1 is 1.29 bits per heavy atom. The molecule has 1 atom stereocenters. The lowest BCUT2D eigenvalue weighted by Gasteiger charge is -2.27. The van der Waals surface area contributed by atoms with Crippen LogP contribution in [0.4, 0.5) is 5.69 Å². The Balaban J connectivity index is 1.84. The molecule has 4 rings (SSSR count). The Morgan fingerprint density at radius 3 is 2.79 bits per heavy atom. The Hall–Kier alpha value is -2.55. The van der Waals surface area contributed by atoms with E-state index in [9.17, 15) is 9.90 Å². The van der Waals surface area contributed by atoms with Crippen LogP contribution in [-0.2, 0) is 11.3 Å². The summed E-state index contributed by atoms with van der Waals surface area (Å²) in [7, 11) is 3.08. The van der Waals surface area contributed by atoms with Crippen LogP contribution in [0.5, 0.6) is 11.5 Å². The van der Waals surface area contributed by atoms with E-state index in [1.54, 1.807) is 19.2 Å². The van der Waals surface area contributed by atoms with Gasteiger partial charge in [-0.05, 0) is 36.2 Å². The van der Waals surface area contributed by atoms with Crippen molar-refractivity contribution in [1.29, 1.82) is 0 Å². The van der Waals surface area contributed by atoms with Gasteiger partial charge in [0.05, 0.1) is 24.4 Å². The highest BCUT2D eigenvalue weighted by atomic mass is 35.5. The number of pyridine rings is 1. The quantitative estimate of drug-likeness (QED) is 0.592. The number of aromatic nitrogens is 1. The lowest BCUT2D eigenvalue weighted by atomic mass is 10.1. The molecule has 0 saturated heterocycles. The molecule has 0 saturated carbocycles. The SMILES string of the molecule is COCc1cc(C)nc2sc3c(c12)N[C@H](c1cc(Cl)c(O)c(OC)c1)NC3=O. The number of hydrogen-bond acceptors (Lipinski definition) is 7. The van der Waals surface area contributed by atoms with E-state index in [1.807, 2.05) is 13.0 Å². The first-order valence-electron chi connectivity index (χ1n) is 8.48. The van der Waals surface area contributed by atoms with Crippen LogP contribution in [0.1, 0.15) is 32.7 Å². The van der Waals surface area contributed by atoms with Gasteiger partial charge in [-0.2, -0.15) is 0 Å². The third-order valence-corrected chi connectivity index (χ3v) is 5.92. The minimum absolute atomic E-state index is 0.140. The molecule has 0 unspecified atom stereocenters. The van der Waals surface area contributed by atoms with Crippen LogP contribution in [0.15, 0.2) is 18.2 Å². The minimum atomic E-state index is -0.540. The summed E-state index contributed by atoms with van der Waals surface area (Å²) in [6.07, 6.45) is -0.540. The number of phenolic OH excluding ortho intramolecular Hbond substituents is 1. The summed E-state index contributed by atoms with van der Waals surface area (Å²) in [5.41, 5.74) is 3.21. The van der Waals surface area contributed by atoms with E-state index in [1.165, 1.54) is 18.4 Å². The fourth-order valence-electron chi connectivity index (χ4n) is 3.34. The highest BCUT2D eigenvalue weighted by molar-refractivity contribution is 7.21. The van der Waals surface area contributed by atoms with Crippen LogP contribution >= 0.6 is 22.9 Å². The molecule has 1 aliphatic rings. The number of fused-ring (bicyclic) bond motifs is 3. The van der Waals surface area contributed by atoms with Gasteiger partial charge < -0.3 is 25.2 Å². The summed E-state index contributed by atoms with van der Waals surface area (Å²) in [4.78, 5) is 18.7. The molecule has 0 spiro atoms. The highest BCUT2D eigenvalue weighted by Gasteiger charge is 2.31. The number of aryl methyl sites for hydroxylation is 1. The normalized spacial score (nSPS) is 15.9. The molecule has 1 aromatic carbocycles. The molecule has 3 aromatic rings. The molecule has 7 nitrogen and oxygen atoms in total. The average molecular weight is 420 g/mol. The fourth-order valence-corrected chi connectivity index (χ4v) is 4.69. The number of ether oxygens (including phenoxy) is 2. The number of aromatic hydroxyl groups is 1. The highest BCUT2D eigenvalue weighted by Crippen LogP contribution is 2.43. The van der Waals surface area contributed by atoms with Gasteiger partial charge in [-0.15, -0.1) is 11.3 Å². The Labute approximate surface area is 170 Å². The second-order valence-electron chi connectivity index (χ2n) is 6.45. The summed E-state index contributed by atoms with van der Waals surface area (Å²) in [5, 5.41) is 17.3. The van der Waals surface area contributed by atoms with Gasteiger partial charge in [-0.25, -0.2) is 4.98 Å². The number of amides is 1. The van der Waals surface area contributed by atoms with Gasteiger partial charge >= 0.3 is 0 Å². The first-order valence-corrected chi connectivity index (χ1v) is 9.68. The number of rotatable bonds is 4. The van der Waals surface area contributed by atoms with Crippen molar-refractivity contribution in [1.82, 2.24) is 10.3 Å². The van der Waals surface area contributed by atoms with Crippen LogP contribution in [0, 0.1) is 6.92 Å². The number of carbonyl (C=O) groups is 1. The number of phenols is 1. The molecule has 0 radical (unpaired) electrons. The van der Waals surface area contributed by atoms with Crippen LogP contribution in [-0.4, -0.2) is 30.2 Å². The van der Waals surface area contributed by atoms with Gasteiger partial charge in [0.25, 0.3) is 5.91 Å². The molecule has 28 heavy (non-hydrogen) atoms. The molecule has 3 heterocycles. The van der Waals surface area contributed by atoms with Gasteiger partial charge in [0.2, 0.25) is 0 Å². The van der Waals surface area contributed by atoms with E-state index < -0.39 is 6.17 Å². The predicted octanol–water partition coefficient (Wildman–Crippen LogP) is 3.97. The number of benzene rings is 1. The largest absolute Gasteiger partial charge is 0.503 e. The number of anilines is 1. The van der Waals surface area contributed by atoms with E-state index in [4.69, 9.17) is 21.1 Å². The number of methoxy groups -OCH3 is 2. The van der Waals surface area contributed by atoms with E-state index >= 15 is 0 Å². The van der Waals surface area contributed by atoms with E-state index in [2.05, 4.69) is 15.6 Å². The van der Waals surface area contributed by atoms with E-state index in [0.717, 1.165) is 27.2 Å². The van der Waals surface area contributed by atoms with Crippen molar-refractivity contribution < 1.29 is 19.4 Å². The predicted molar refractivity (Wildman–Crippen MR) is 109 cm³/mol. The van der Waals surface area contributed by atoms with Gasteiger partial charge in [-0.1, -0.05) is 11.6 Å². The second kappa shape index (κ2) is 7.12. The monoisotopic (exact) mass is 419 g/mol. The molecule has 3 N–H and O–H groups in total. The van der Waals surface area contributed by atoms with Gasteiger partial charge in [0.15, 0.2) is 11.5 Å². The van der Waals surface area contributed by atoms with Crippen molar-refractivity contribution in [3.63, 3.8) is 0 Å². The van der Waals surface area contributed by atoms with Crippen LogP contribution < -0.4 is 15.4 Å². The number of hydrogen-bond donors (Lipinski definition) is 3. The zero-order chi connectivity index (χ0) is 20.0. The third-order valence-electron chi connectivity index (χ3n) is 4.55. The maximum Gasteiger partial charge on any atom is 0.265 e. The molecule has 0 aliphatic carbocycles. The number of thiophene rings is 1. The summed E-state index contributed by atoms with van der Waals surface area (Å²) in [6, 6.07) is 5.19. The second-order valence-corrected chi connectivity index (χ2v) is 7.85. The van der Waals surface area contributed by atoms with Crippen molar-refractivity contribution in [3.05, 3.63) is 44.9 Å². The maximum absolute atomic E-state index is 12.8. The molecule has 1 aliphatic heterocycles. The Bertz CT molecular complexity index is 1100. The van der Waals surface area contributed by atoms with Crippen molar-refractivity contribution in [2.75, 3.05) is 19.5 Å². The standard InChI is InChI=1S/C19H18ClN3O4S/c1-8-4-10(7-26-2)13-14-16(28-19(13)21-8)18(25)23-17(22-14)9-5-11(20)15(24)12(6-9)27-3/h4-6,17,22,24H,7H2,1-3H3,(H,23,25)/t17-/m0/s1. The summed E-state index contributed by atoms with van der Waals surface area (Å²) in [5.74, 6) is -0.110. The van der Waals surface area contributed by atoms with Gasteiger partial charge in [0.1, 0.15) is 15.9 Å². The lowest BCUT2D eigenvalue weighted by Crippen LogP contribution is -2.37. The number of nitrogens with one attached hydrogen (secondary N) is 2. The lowest BCUT2D eigenvalue weighted by molar-refractivity contribution is 0.0940. The summed E-state index contributed by atoms with van der Waals surface area (Å²) < 4.78 is 10.5. The first kappa shape index (κ1) is 18.8. The topological polar surface area (TPSA) is 92.7 Å². The first-order chi connectivity index (χ1) is 13.4. The zero-order valence-corrected chi connectivity index (χ0v) is 17.0. The van der Waals surface area contributed by atoms with Gasteiger partial charge in [-0.3, -0.25) is 4.79 Å².